The number of benzene rings is 5. The zero-order chi connectivity index (χ0) is 25.1. The maximum absolute atomic E-state index is 6.27. The lowest BCUT2D eigenvalue weighted by Crippen LogP contribution is -2.06. The number of aromatic nitrogens is 4. The number of furan rings is 1. The smallest absolute Gasteiger partial charge is 0.238 e. The summed E-state index contributed by atoms with van der Waals surface area (Å²) in [6.45, 7) is 0. The Kier molecular flexibility index (Phi) is 4.45. The third kappa shape index (κ3) is 3.15. The summed E-state index contributed by atoms with van der Waals surface area (Å²) in [6.07, 6.45) is 0. The van der Waals surface area contributed by atoms with Crippen molar-refractivity contribution in [3.8, 4) is 28.7 Å². The zero-order valence-corrected chi connectivity index (χ0v) is 20.2. The maximum Gasteiger partial charge on any atom is 0.238 e. The van der Waals surface area contributed by atoms with Gasteiger partial charge in [-0.05, 0) is 18.2 Å². The highest BCUT2D eigenvalue weighted by Gasteiger charge is 2.19. The van der Waals surface area contributed by atoms with Gasteiger partial charge in [-0.3, -0.25) is 4.57 Å². The molecule has 0 aliphatic heterocycles. The third-order valence-corrected chi connectivity index (χ3v) is 7.06. The topological polar surface area (TPSA) is 56.7 Å². The fourth-order valence-corrected chi connectivity index (χ4v) is 5.30. The lowest BCUT2D eigenvalue weighted by Gasteiger charge is -2.10. The van der Waals surface area contributed by atoms with Crippen LogP contribution in [0.25, 0.3) is 72.5 Å². The van der Waals surface area contributed by atoms with Crippen LogP contribution < -0.4 is 0 Å². The number of hydrogen-bond donors (Lipinski definition) is 0. The average Bonchev–Trinajstić information content (AvgIpc) is 3.51. The Balaban J connectivity index is 1.48. The quantitative estimate of drug-likeness (QED) is 0.251. The van der Waals surface area contributed by atoms with Crippen LogP contribution in [0.2, 0.25) is 0 Å². The molecular weight excluding hydrogens is 468 g/mol. The van der Waals surface area contributed by atoms with Crippen molar-refractivity contribution >= 4 is 43.7 Å². The molecule has 5 heteroatoms. The molecule has 0 saturated carbocycles. The first kappa shape index (κ1) is 20.9. The van der Waals surface area contributed by atoms with E-state index < -0.39 is 0 Å². The van der Waals surface area contributed by atoms with E-state index in [9.17, 15) is 0 Å². The van der Waals surface area contributed by atoms with Crippen LogP contribution in [0.15, 0.2) is 126 Å². The molecule has 8 aromatic rings. The van der Waals surface area contributed by atoms with Gasteiger partial charge < -0.3 is 4.42 Å². The van der Waals surface area contributed by atoms with Crippen LogP contribution in [0, 0.1) is 0 Å². The van der Waals surface area contributed by atoms with Crippen molar-refractivity contribution in [3.05, 3.63) is 121 Å². The highest BCUT2D eigenvalue weighted by Crippen LogP contribution is 2.38. The highest BCUT2D eigenvalue weighted by atomic mass is 16.3. The summed E-state index contributed by atoms with van der Waals surface area (Å²) in [5.41, 5.74) is 5.61. The van der Waals surface area contributed by atoms with Gasteiger partial charge in [0.15, 0.2) is 11.6 Å². The number of rotatable bonds is 3. The first-order valence-corrected chi connectivity index (χ1v) is 12.6. The molecule has 0 aliphatic carbocycles. The molecule has 3 aromatic heterocycles. The summed E-state index contributed by atoms with van der Waals surface area (Å²) in [7, 11) is 0. The van der Waals surface area contributed by atoms with Gasteiger partial charge in [-0.1, -0.05) is 97.1 Å². The normalized spacial score (nSPS) is 11.7. The Morgan fingerprint density at radius 2 is 1.05 bits per heavy atom. The second-order valence-corrected chi connectivity index (χ2v) is 9.33. The van der Waals surface area contributed by atoms with Gasteiger partial charge in [-0.2, -0.15) is 9.97 Å². The molecule has 5 nitrogen and oxygen atoms in total. The predicted octanol–water partition coefficient (Wildman–Crippen LogP) is 8.20. The van der Waals surface area contributed by atoms with Crippen molar-refractivity contribution in [2.75, 3.05) is 0 Å². The number of para-hydroxylation sites is 2. The summed E-state index contributed by atoms with van der Waals surface area (Å²) in [5.74, 6) is 1.83. The van der Waals surface area contributed by atoms with E-state index >= 15 is 0 Å². The minimum atomic E-state index is 0.569. The standard InChI is InChI=1S/C33H20N4O/c1-3-11-21(12-4-1)31-34-32(22-13-5-2-6-14-22)36-33(35-31)37-27-17-9-7-15-23(27)25-19-26-24-16-8-10-18-29(24)38-30(26)20-28(25)37/h1-20H. The fourth-order valence-electron chi connectivity index (χ4n) is 5.30. The highest BCUT2D eigenvalue weighted by molar-refractivity contribution is 6.17. The second kappa shape index (κ2) is 8.11. The first-order valence-electron chi connectivity index (χ1n) is 12.6. The van der Waals surface area contributed by atoms with Crippen molar-refractivity contribution in [2.45, 2.75) is 0 Å². The third-order valence-electron chi connectivity index (χ3n) is 7.06. The van der Waals surface area contributed by atoms with E-state index in [1.165, 1.54) is 0 Å². The molecule has 38 heavy (non-hydrogen) atoms. The van der Waals surface area contributed by atoms with E-state index in [-0.39, 0.29) is 0 Å². The summed E-state index contributed by atoms with van der Waals surface area (Å²) in [4.78, 5) is 14.9. The van der Waals surface area contributed by atoms with Crippen LogP contribution in [0.5, 0.6) is 0 Å². The molecule has 0 atom stereocenters. The van der Waals surface area contributed by atoms with E-state index in [1.807, 2.05) is 78.9 Å². The maximum atomic E-state index is 6.27. The number of nitrogens with zero attached hydrogens (tertiary/aromatic N) is 4. The van der Waals surface area contributed by atoms with Gasteiger partial charge in [0.05, 0.1) is 11.0 Å². The monoisotopic (exact) mass is 488 g/mol. The molecule has 5 aromatic carbocycles. The van der Waals surface area contributed by atoms with Crippen molar-refractivity contribution in [1.29, 1.82) is 0 Å². The van der Waals surface area contributed by atoms with Gasteiger partial charge in [0, 0.05) is 38.7 Å². The minimum Gasteiger partial charge on any atom is -0.456 e. The summed E-state index contributed by atoms with van der Waals surface area (Å²) in [5, 5.41) is 4.47. The second-order valence-electron chi connectivity index (χ2n) is 9.33. The molecule has 3 heterocycles. The van der Waals surface area contributed by atoms with E-state index in [1.54, 1.807) is 0 Å². The van der Waals surface area contributed by atoms with E-state index in [4.69, 9.17) is 19.4 Å². The minimum absolute atomic E-state index is 0.569. The van der Waals surface area contributed by atoms with Gasteiger partial charge >= 0.3 is 0 Å². The fraction of sp³-hybridized carbons (Fsp3) is 0. The van der Waals surface area contributed by atoms with Crippen LogP contribution >= 0.6 is 0 Å². The zero-order valence-electron chi connectivity index (χ0n) is 20.2. The summed E-state index contributed by atoms with van der Waals surface area (Å²) < 4.78 is 8.39. The molecule has 0 amide bonds. The first-order chi connectivity index (χ1) is 18.8. The molecule has 0 fully saturated rings. The van der Waals surface area contributed by atoms with Crippen molar-refractivity contribution in [2.24, 2.45) is 0 Å². The Morgan fingerprint density at radius 1 is 0.447 bits per heavy atom. The lowest BCUT2D eigenvalue weighted by atomic mass is 10.1. The van der Waals surface area contributed by atoms with Gasteiger partial charge in [-0.25, -0.2) is 4.98 Å². The van der Waals surface area contributed by atoms with E-state index in [0.29, 0.717) is 17.6 Å². The molecule has 0 N–H and O–H groups in total. The van der Waals surface area contributed by atoms with Crippen LogP contribution in [0.1, 0.15) is 0 Å². The van der Waals surface area contributed by atoms with Gasteiger partial charge in [0.25, 0.3) is 0 Å². The molecule has 0 saturated heterocycles. The van der Waals surface area contributed by atoms with Crippen molar-refractivity contribution in [3.63, 3.8) is 0 Å². The Labute approximate surface area is 217 Å². The molecule has 8 rings (SSSR count). The van der Waals surface area contributed by atoms with Crippen LogP contribution in [-0.2, 0) is 0 Å². The largest absolute Gasteiger partial charge is 0.456 e. The van der Waals surface area contributed by atoms with Crippen LogP contribution in [-0.4, -0.2) is 19.5 Å². The van der Waals surface area contributed by atoms with Crippen molar-refractivity contribution < 1.29 is 4.42 Å². The van der Waals surface area contributed by atoms with E-state index in [2.05, 4.69) is 47.0 Å². The van der Waals surface area contributed by atoms with Gasteiger partial charge in [0.1, 0.15) is 11.2 Å². The Hall–Kier alpha value is -5.29. The van der Waals surface area contributed by atoms with E-state index in [0.717, 1.165) is 54.9 Å². The Bertz CT molecular complexity index is 2070. The van der Waals surface area contributed by atoms with Gasteiger partial charge in [-0.15, -0.1) is 0 Å². The number of hydrogen-bond acceptors (Lipinski definition) is 4. The van der Waals surface area contributed by atoms with Crippen LogP contribution in [0.4, 0.5) is 0 Å². The van der Waals surface area contributed by atoms with Gasteiger partial charge in [0.2, 0.25) is 5.95 Å². The lowest BCUT2D eigenvalue weighted by molar-refractivity contribution is 0.669. The molecule has 178 valence electrons. The van der Waals surface area contributed by atoms with Crippen molar-refractivity contribution in [1.82, 2.24) is 19.5 Å². The summed E-state index contributed by atoms with van der Waals surface area (Å²) >= 11 is 0. The molecule has 0 radical (unpaired) electrons. The molecule has 0 spiro atoms. The predicted molar refractivity (Wildman–Crippen MR) is 152 cm³/mol. The summed E-state index contributed by atoms with van der Waals surface area (Å²) in [6, 6.07) is 41.0. The Morgan fingerprint density at radius 3 is 1.76 bits per heavy atom. The average molecular weight is 489 g/mol. The molecule has 0 aliphatic rings. The van der Waals surface area contributed by atoms with Crippen LogP contribution in [0.3, 0.4) is 0 Å². The molecule has 0 unspecified atom stereocenters. The molecular formula is C33H20N4O. The number of fused-ring (bicyclic) bond motifs is 6. The SMILES string of the molecule is c1ccc(-c2nc(-c3ccccc3)nc(-n3c4ccccc4c4cc5c(cc43)oc3ccccc35)n2)cc1. The molecule has 0 bridgehead atoms.